The van der Waals surface area contributed by atoms with Crippen LogP contribution >= 0.6 is 0 Å². The van der Waals surface area contributed by atoms with Gasteiger partial charge in [0.05, 0.1) is 16.7 Å². The van der Waals surface area contributed by atoms with E-state index in [0.29, 0.717) is 5.56 Å². The average Bonchev–Trinajstić information content (AvgIpc) is 2.95. The van der Waals surface area contributed by atoms with Crippen molar-refractivity contribution < 1.29 is 43.2 Å². The number of esters is 3. The molecule has 192 valence electrons. The predicted molar refractivity (Wildman–Crippen MR) is 130 cm³/mol. The number of carbonyl (C=O) groups excluding carboxylic acids is 3. The maximum Gasteiger partial charge on any atom is 0.338 e. The van der Waals surface area contributed by atoms with Crippen LogP contribution in [0.1, 0.15) is 31.1 Å². The number of aliphatic hydroxyl groups excluding tert-OH is 1. The minimum Gasteiger partial charge on any atom is -0.459 e. The van der Waals surface area contributed by atoms with Gasteiger partial charge in [-0.15, -0.1) is 0 Å². The molecule has 0 aliphatic carbocycles. The first-order valence-corrected chi connectivity index (χ1v) is 11.6. The Kier molecular flexibility index (Phi) is 8.63. The molecule has 0 bridgehead atoms. The molecule has 0 unspecified atom stereocenters. The number of aliphatic hydroxyl groups is 1. The Balaban J connectivity index is 1.55. The van der Waals surface area contributed by atoms with Crippen LogP contribution in [0, 0.1) is 0 Å². The first-order chi connectivity index (χ1) is 18.0. The quantitative estimate of drug-likeness (QED) is 0.363. The van der Waals surface area contributed by atoms with Crippen molar-refractivity contribution in [2.75, 3.05) is 13.7 Å². The van der Waals surface area contributed by atoms with E-state index in [-0.39, 0.29) is 17.7 Å². The van der Waals surface area contributed by atoms with E-state index < -0.39 is 48.6 Å². The molecule has 9 nitrogen and oxygen atoms in total. The smallest absolute Gasteiger partial charge is 0.338 e. The van der Waals surface area contributed by atoms with Crippen LogP contribution in [-0.4, -0.2) is 67.4 Å². The molecular formula is C28H26O9. The normalized spacial score (nSPS) is 23.0. The average molecular weight is 507 g/mol. The SMILES string of the molecule is CO[C@@H]1[C@@H](OC(=O)c2ccccc2)[C@@H](O)O[C@H](COC(=O)c2ccccc2)[C@@H]1OC(=O)c1ccccc1. The lowest BCUT2D eigenvalue weighted by Crippen LogP contribution is -2.61. The summed E-state index contributed by atoms with van der Waals surface area (Å²) < 4.78 is 27.8. The van der Waals surface area contributed by atoms with Gasteiger partial charge >= 0.3 is 17.9 Å². The van der Waals surface area contributed by atoms with Crippen molar-refractivity contribution >= 4 is 17.9 Å². The van der Waals surface area contributed by atoms with Crippen LogP contribution in [0.2, 0.25) is 0 Å². The topological polar surface area (TPSA) is 118 Å². The zero-order valence-corrected chi connectivity index (χ0v) is 20.0. The summed E-state index contributed by atoms with van der Waals surface area (Å²) in [5, 5.41) is 10.7. The molecule has 1 fully saturated rings. The van der Waals surface area contributed by atoms with Gasteiger partial charge in [0.2, 0.25) is 0 Å². The highest BCUT2D eigenvalue weighted by Gasteiger charge is 2.50. The highest BCUT2D eigenvalue weighted by atomic mass is 16.7. The van der Waals surface area contributed by atoms with E-state index in [9.17, 15) is 19.5 Å². The minimum absolute atomic E-state index is 0.251. The summed E-state index contributed by atoms with van der Waals surface area (Å²) in [6, 6.07) is 24.7. The van der Waals surface area contributed by atoms with Crippen molar-refractivity contribution in [2.45, 2.75) is 30.7 Å². The van der Waals surface area contributed by atoms with Crippen LogP contribution in [0.15, 0.2) is 91.0 Å². The molecule has 9 heteroatoms. The summed E-state index contributed by atoms with van der Waals surface area (Å²) >= 11 is 0. The molecule has 3 aromatic rings. The molecular weight excluding hydrogens is 480 g/mol. The molecule has 1 N–H and O–H groups in total. The Morgan fingerprint density at radius 3 is 1.57 bits per heavy atom. The van der Waals surface area contributed by atoms with Gasteiger partial charge in [-0.1, -0.05) is 54.6 Å². The zero-order chi connectivity index (χ0) is 26.2. The van der Waals surface area contributed by atoms with Gasteiger partial charge in [-0.2, -0.15) is 0 Å². The van der Waals surface area contributed by atoms with E-state index in [2.05, 4.69) is 0 Å². The van der Waals surface area contributed by atoms with Crippen molar-refractivity contribution in [3.8, 4) is 0 Å². The fraction of sp³-hybridized carbons (Fsp3) is 0.250. The second-order valence-electron chi connectivity index (χ2n) is 8.20. The fourth-order valence-electron chi connectivity index (χ4n) is 3.91. The van der Waals surface area contributed by atoms with E-state index >= 15 is 0 Å². The molecule has 1 saturated heterocycles. The Morgan fingerprint density at radius 2 is 1.11 bits per heavy atom. The van der Waals surface area contributed by atoms with Gasteiger partial charge in [0.25, 0.3) is 0 Å². The summed E-state index contributed by atoms with van der Waals surface area (Å²) in [4.78, 5) is 38.1. The van der Waals surface area contributed by atoms with Crippen LogP contribution in [0.25, 0.3) is 0 Å². The maximum absolute atomic E-state index is 12.9. The first-order valence-electron chi connectivity index (χ1n) is 11.6. The standard InChI is InChI=1S/C28H26O9/c1-33-23-22(36-26(30)19-13-7-3-8-14-19)21(17-34-25(29)18-11-5-2-6-12-18)35-28(32)24(23)37-27(31)20-15-9-4-10-16-20/h2-16,21-24,28,32H,17H2,1H3/t21-,22+,23+,24-,28+/m1/s1. The molecule has 37 heavy (non-hydrogen) atoms. The highest BCUT2D eigenvalue weighted by Crippen LogP contribution is 2.29. The molecule has 1 aliphatic rings. The first kappa shape index (κ1) is 26.0. The van der Waals surface area contributed by atoms with E-state index in [1.165, 1.54) is 7.11 Å². The van der Waals surface area contributed by atoms with Gasteiger partial charge in [0.15, 0.2) is 18.5 Å². The Morgan fingerprint density at radius 1 is 0.676 bits per heavy atom. The Hall–Kier alpha value is -4.05. The number of methoxy groups -OCH3 is 1. The van der Waals surface area contributed by atoms with Gasteiger partial charge in [0.1, 0.15) is 18.8 Å². The van der Waals surface area contributed by atoms with Crippen LogP contribution in [0.4, 0.5) is 0 Å². The number of rotatable bonds is 8. The van der Waals surface area contributed by atoms with Gasteiger partial charge in [-0.3, -0.25) is 0 Å². The van der Waals surface area contributed by atoms with E-state index in [0.717, 1.165) is 0 Å². The number of ether oxygens (including phenoxy) is 5. The van der Waals surface area contributed by atoms with E-state index in [1.807, 2.05) is 0 Å². The van der Waals surface area contributed by atoms with Crippen molar-refractivity contribution in [1.29, 1.82) is 0 Å². The largest absolute Gasteiger partial charge is 0.459 e. The molecule has 0 saturated carbocycles. The lowest BCUT2D eigenvalue weighted by Gasteiger charge is -2.42. The lowest BCUT2D eigenvalue weighted by molar-refractivity contribution is -0.288. The van der Waals surface area contributed by atoms with E-state index in [1.54, 1.807) is 91.0 Å². The Bertz CT molecular complexity index is 1180. The zero-order valence-electron chi connectivity index (χ0n) is 20.0. The lowest BCUT2D eigenvalue weighted by atomic mass is 9.98. The number of hydrogen-bond acceptors (Lipinski definition) is 9. The molecule has 1 aliphatic heterocycles. The molecule has 1 heterocycles. The van der Waals surface area contributed by atoms with Crippen LogP contribution in [0.5, 0.6) is 0 Å². The number of benzene rings is 3. The van der Waals surface area contributed by atoms with Gasteiger partial charge < -0.3 is 28.8 Å². The number of hydrogen-bond donors (Lipinski definition) is 1. The van der Waals surface area contributed by atoms with Crippen LogP contribution < -0.4 is 0 Å². The molecule has 4 rings (SSSR count). The third-order valence-electron chi connectivity index (χ3n) is 5.77. The van der Waals surface area contributed by atoms with Crippen molar-refractivity contribution in [1.82, 2.24) is 0 Å². The van der Waals surface area contributed by atoms with Crippen molar-refractivity contribution in [3.05, 3.63) is 108 Å². The summed E-state index contributed by atoms with van der Waals surface area (Å²) in [5.41, 5.74) is 0.831. The molecule has 5 atom stereocenters. The summed E-state index contributed by atoms with van der Waals surface area (Å²) in [6.07, 6.45) is -6.44. The predicted octanol–water partition coefficient (Wildman–Crippen LogP) is 3.03. The minimum atomic E-state index is -1.65. The number of carbonyl (C=O) groups is 3. The van der Waals surface area contributed by atoms with Crippen LogP contribution in [0.3, 0.4) is 0 Å². The molecule has 0 amide bonds. The van der Waals surface area contributed by atoms with Crippen LogP contribution in [-0.2, 0) is 23.7 Å². The molecule has 0 radical (unpaired) electrons. The highest BCUT2D eigenvalue weighted by molar-refractivity contribution is 5.90. The Labute approximate surface area is 213 Å². The van der Waals surface area contributed by atoms with Gasteiger partial charge in [-0.25, -0.2) is 14.4 Å². The summed E-state index contributed by atoms with van der Waals surface area (Å²) in [6.45, 7) is -0.364. The van der Waals surface area contributed by atoms with E-state index in [4.69, 9.17) is 23.7 Å². The monoisotopic (exact) mass is 506 g/mol. The summed E-state index contributed by atoms with van der Waals surface area (Å²) in [7, 11) is 1.32. The fourth-order valence-corrected chi connectivity index (χ4v) is 3.91. The second kappa shape index (κ2) is 12.3. The van der Waals surface area contributed by atoms with Crippen molar-refractivity contribution in [3.63, 3.8) is 0 Å². The maximum atomic E-state index is 12.9. The van der Waals surface area contributed by atoms with Gasteiger partial charge in [-0.05, 0) is 36.4 Å². The third-order valence-corrected chi connectivity index (χ3v) is 5.77. The van der Waals surface area contributed by atoms with Gasteiger partial charge in [0, 0.05) is 7.11 Å². The second-order valence-corrected chi connectivity index (χ2v) is 8.20. The molecule has 0 aromatic heterocycles. The molecule has 0 spiro atoms. The summed E-state index contributed by atoms with van der Waals surface area (Å²) in [5.74, 6) is -2.05. The van der Waals surface area contributed by atoms with Crippen molar-refractivity contribution in [2.24, 2.45) is 0 Å². The third kappa shape index (κ3) is 6.39. The molecule has 3 aromatic carbocycles.